The quantitative estimate of drug-likeness (QED) is 0.702. The van der Waals surface area contributed by atoms with Gasteiger partial charge in [0.2, 0.25) is 0 Å². The van der Waals surface area contributed by atoms with Crippen molar-refractivity contribution < 1.29 is 4.74 Å². The van der Waals surface area contributed by atoms with Gasteiger partial charge in [-0.2, -0.15) is 0 Å². The Labute approximate surface area is 118 Å². The fourth-order valence-electron chi connectivity index (χ4n) is 3.60. The molecule has 2 rings (SSSR count). The van der Waals surface area contributed by atoms with Gasteiger partial charge in [-0.3, -0.25) is 4.90 Å². The Kier molecular flexibility index (Phi) is 6.07. The Morgan fingerprint density at radius 1 is 1.16 bits per heavy atom. The zero-order valence-corrected chi connectivity index (χ0v) is 12.9. The van der Waals surface area contributed by atoms with Crippen molar-refractivity contribution in [1.29, 1.82) is 0 Å². The number of likely N-dealkylation sites (N-methyl/N-ethyl adjacent to an activating group) is 1. The van der Waals surface area contributed by atoms with E-state index in [0.717, 1.165) is 44.4 Å². The van der Waals surface area contributed by atoms with Crippen molar-refractivity contribution in [2.75, 3.05) is 47.4 Å². The second-order valence-electron chi connectivity index (χ2n) is 6.35. The van der Waals surface area contributed by atoms with Crippen LogP contribution in [0.3, 0.4) is 0 Å². The molecular formula is C15H31N3O. The fraction of sp³-hybridized carbons (Fsp3) is 1.00. The van der Waals surface area contributed by atoms with Crippen molar-refractivity contribution in [3.05, 3.63) is 0 Å². The Morgan fingerprint density at radius 3 is 2.42 bits per heavy atom. The molecule has 2 atom stereocenters. The molecule has 0 aliphatic carbocycles. The summed E-state index contributed by atoms with van der Waals surface area (Å²) in [6, 6.07) is 2.33. The van der Waals surface area contributed by atoms with Crippen molar-refractivity contribution in [3.63, 3.8) is 0 Å². The summed E-state index contributed by atoms with van der Waals surface area (Å²) in [6.07, 6.45) is 6.83. The Hall–Kier alpha value is -0.160. The first-order valence-corrected chi connectivity index (χ1v) is 7.86. The van der Waals surface area contributed by atoms with E-state index in [-0.39, 0.29) is 0 Å². The van der Waals surface area contributed by atoms with Crippen LogP contribution >= 0.6 is 0 Å². The third-order valence-electron chi connectivity index (χ3n) is 4.71. The van der Waals surface area contributed by atoms with Crippen molar-refractivity contribution in [2.45, 2.75) is 50.2 Å². The van der Waals surface area contributed by atoms with Crippen LogP contribution in [0.5, 0.6) is 0 Å². The first kappa shape index (κ1) is 15.2. The molecule has 2 aliphatic rings. The molecule has 4 heteroatoms. The van der Waals surface area contributed by atoms with Gasteiger partial charge in [0, 0.05) is 31.2 Å². The highest BCUT2D eigenvalue weighted by Gasteiger charge is 2.37. The predicted molar refractivity (Wildman–Crippen MR) is 79.6 cm³/mol. The molecule has 4 nitrogen and oxygen atoms in total. The molecular weight excluding hydrogens is 238 g/mol. The average Bonchev–Trinajstić information content (AvgIpc) is 2.37. The molecule has 2 unspecified atom stereocenters. The van der Waals surface area contributed by atoms with Gasteiger partial charge in [-0.05, 0) is 46.8 Å². The third-order valence-corrected chi connectivity index (χ3v) is 4.71. The molecule has 1 N–H and O–H groups in total. The molecule has 2 saturated heterocycles. The molecule has 0 spiro atoms. The van der Waals surface area contributed by atoms with Crippen molar-refractivity contribution in [1.82, 2.24) is 15.1 Å². The van der Waals surface area contributed by atoms with Gasteiger partial charge in [-0.1, -0.05) is 6.42 Å². The third kappa shape index (κ3) is 4.42. The summed E-state index contributed by atoms with van der Waals surface area (Å²) in [5, 5.41) is 3.48. The molecule has 2 aliphatic heterocycles. The average molecular weight is 269 g/mol. The topological polar surface area (TPSA) is 27.7 Å². The van der Waals surface area contributed by atoms with E-state index in [9.17, 15) is 0 Å². The predicted octanol–water partition coefficient (Wildman–Crippen LogP) is 1.17. The van der Waals surface area contributed by atoms with Gasteiger partial charge in [-0.25, -0.2) is 0 Å². The zero-order valence-electron chi connectivity index (χ0n) is 12.9. The lowest BCUT2D eigenvalue weighted by Gasteiger charge is -2.49. The lowest BCUT2D eigenvalue weighted by atomic mass is 9.82. The highest BCUT2D eigenvalue weighted by molar-refractivity contribution is 4.94. The molecule has 0 radical (unpaired) electrons. The number of hydrogen-bond acceptors (Lipinski definition) is 4. The van der Waals surface area contributed by atoms with E-state index in [2.05, 4.69) is 36.3 Å². The Balaban J connectivity index is 1.71. The largest absolute Gasteiger partial charge is 0.379 e. The van der Waals surface area contributed by atoms with Gasteiger partial charge in [0.05, 0.1) is 13.2 Å². The van der Waals surface area contributed by atoms with Crippen LogP contribution in [0.1, 0.15) is 32.1 Å². The fourth-order valence-corrected chi connectivity index (χ4v) is 3.60. The summed E-state index contributed by atoms with van der Waals surface area (Å²) < 4.78 is 5.77. The van der Waals surface area contributed by atoms with Crippen LogP contribution in [0.25, 0.3) is 0 Å². The number of nitrogens with one attached hydrogen (secondary N) is 1. The highest BCUT2D eigenvalue weighted by atomic mass is 16.5. The van der Waals surface area contributed by atoms with Crippen LogP contribution in [0.2, 0.25) is 0 Å². The molecule has 0 aromatic heterocycles. The first-order chi connectivity index (χ1) is 9.20. The van der Waals surface area contributed by atoms with Crippen LogP contribution in [-0.4, -0.2) is 75.4 Å². The molecule has 0 aromatic rings. The minimum Gasteiger partial charge on any atom is -0.379 e. The van der Waals surface area contributed by atoms with Crippen molar-refractivity contribution in [3.8, 4) is 0 Å². The van der Waals surface area contributed by atoms with Gasteiger partial charge in [0.15, 0.2) is 0 Å². The molecule has 2 bridgehead atoms. The SMILES string of the molecule is CNC1CC2CCCC(C1)N2CCOCCN(C)C. The summed E-state index contributed by atoms with van der Waals surface area (Å²) in [5.41, 5.74) is 0. The van der Waals surface area contributed by atoms with Crippen molar-refractivity contribution >= 4 is 0 Å². The van der Waals surface area contributed by atoms with Crippen LogP contribution < -0.4 is 5.32 Å². The minimum atomic E-state index is 0.737. The number of nitrogens with zero attached hydrogens (tertiary/aromatic N) is 2. The molecule has 19 heavy (non-hydrogen) atoms. The summed E-state index contributed by atoms with van der Waals surface area (Å²) in [6.45, 7) is 3.90. The zero-order chi connectivity index (χ0) is 13.7. The molecule has 0 aromatic carbocycles. The van der Waals surface area contributed by atoms with Crippen LogP contribution in [0.15, 0.2) is 0 Å². The summed E-state index contributed by atoms with van der Waals surface area (Å²) >= 11 is 0. The number of rotatable bonds is 7. The summed E-state index contributed by atoms with van der Waals surface area (Å²) in [7, 11) is 6.30. The standard InChI is InChI=1S/C15H31N3O/c1-16-13-11-14-5-4-6-15(12-13)18(14)8-10-19-9-7-17(2)3/h13-16H,4-12H2,1-3H3. The number of hydrogen-bond donors (Lipinski definition) is 1. The van der Waals surface area contributed by atoms with Gasteiger partial charge in [0.1, 0.15) is 0 Å². The second-order valence-corrected chi connectivity index (χ2v) is 6.35. The van der Waals surface area contributed by atoms with E-state index in [4.69, 9.17) is 4.74 Å². The van der Waals surface area contributed by atoms with E-state index < -0.39 is 0 Å². The minimum absolute atomic E-state index is 0.737. The Morgan fingerprint density at radius 2 is 1.84 bits per heavy atom. The van der Waals surface area contributed by atoms with Gasteiger partial charge < -0.3 is 15.0 Å². The monoisotopic (exact) mass is 269 g/mol. The first-order valence-electron chi connectivity index (χ1n) is 7.86. The van der Waals surface area contributed by atoms with Gasteiger partial charge >= 0.3 is 0 Å². The highest BCUT2D eigenvalue weighted by Crippen LogP contribution is 2.33. The number of piperidine rings is 2. The smallest absolute Gasteiger partial charge is 0.0594 e. The van der Waals surface area contributed by atoms with Crippen LogP contribution in [-0.2, 0) is 4.74 Å². The lowest BCUT2D eigenvalue weighted by Crippen LogP contribution is -2.56. The molecule has 112 valence electrons. The van der Waals surface area contributed by atoms with E-state index in [1.807, 2.05) is 0 Å². The maximum Gasteiger partial charge on any atom is 0.0594 e. The van der Waals surface area contributed by atoms with Crippen LogP contribution in [0.4, 0.5) is 0 Å². The second kappa shape index (κ2) is 7.58. The summed E-state index contributed by atoms with van der Waals surface area (Å²) in [4.78, 5) is 4.90. The van der Waals surface area contributed by atoms with Gasteiger partial charge in [0.25, 0.3) is 0 Å². The number of ether oxygens (including phenoxy) is 1. The van der Waals surface area contributed by atoms with Crippen LogP contribution in [0, 0.1) is 0 Å². The van der Waals surface area contributed by atoms with E-state index in [0.29, 0.717) is 0 Å². The molecule has 0 saturated carbocycles. The molecule has 2 fully saturated rings. The van der Waals surface area contributed by atoms with E-state index >= 15 is 0 Å². The van der Waals surface area contributed by atoms with Gasteiger partial charge in [-0.15, -0.1) is 0 Å². The normalized spacial score (nSPS) is 31.9. The summed E-state index contributed by atoms with van der Waals surface area (Å²) in [5.74, 6) is 0. The van der Waals surface area contributed by atoms with E-state index in [1.165, 1.54) is 32.1 Å². The number of fused-ring (bicyclic) bond motifs is 2. The Bertz CT molecular complexity index is 246. The maximum absolute atomic E-state index is 5.77. The van der Waals surface area contributed by atoms with Crippen molar-refractivity contribution in [2.24, 2.45) is 0 Å². The van der Waals surface area contributed by atoms with E-state index in [1.54, 1.807) is 0 Å². The maximum atomic E-state index is 5.77. The molecule has 0 amide bonds. The lowest BCUT2D eigenvalue weighted by molar-refractivity contribution is -0.000964. The molecule has 2 heterocycles.